The first-order chi connectivity index (χ1) is 17.8. The van der Waals surface area contributed by atoms with Gasteiger partial charge >= 0.3 is 0 Å². The predicted molar refractivity (Wildman–Crippen MR) is 151 cm³/mol. The number of aryl methyl sites for hydroxylation is 1. The SMILES string of the molecule is CCn1c2ccccc2c2cc(NC(=O)CN(c3cccc(Cl)c3)S(=O)(=O)c3ccc(Cl)cc3)ccc21. The summed E-state index contributed by atoms with van der Waals surface area (Å²) in [7, 11) is -4.09. The molecule has 0 saturated heterocycles. The molecule has 0 spiro atoms. The largest absolute Gasteiger partial charge is 0.341 e. The number of carbonyl (C=O) groups excluding carboxylic acids is 1. The third-order valence-electron chi connectivity index (χ3n) is 6.16. The lowest BCUT2D eigenvalue weighted by Gasteiger charge is -2.24. The Bertz CT molecular complexity index is 1730. The van der Waals surface area contributed by atoms with E-state index in [2.05, 4.69) is 28.9 Å². The van der Waals surface area contributed by atoms with Crippen molar-refractivity contribution in [3.05, 3.63) is 101 Å². The molecule has 0 bridgehead atoms. The van der Waals surface area contributed by atoms with Crippen LogP contribution in [0.25, 0.3) is 21.8 Å². The van der Waals surface area contributed by atoms with Crippen molar-refractivity contribution >= 4 is 72.3 Å². The van der Waals surface area contributed by atoms with Gasteiger partial charge in [0.05, 0.1) is 10.6 Å². The van der Waals surface area contributed by atoms with Crippen LogP contribution in [0.3, 0.4) is 0 Å². The molecule has 0 unspecified atom stereocenters. The zero-order valence-corrected chi connectivity index (χ0v) is 22.2. The van der Waals surface area contributed by atoms with Crippen LogP contribution in [0.5, 0.6) is 0 Å². The molecule has 5 aromatic rings. The fourth-order valence-electron chi connectivity index (χ4n) is 4.48. The second-order valence-electron chi connectivity index (χ2n) is 8.49. The number of benzene rings is 4. The fraction of sp³-hybridized carbons (Fsp3) is 0.107. The van der Waals surface area contributed by atoms with E-state index in [1.165, 1.54) is 30.3 Å². The molecule has 188 valence electrons. The third kappa shape index (κ3) is 4.90. The number of hydrogen-bond donors (Lipinski definition) is 1. The molecule has 0 aliphatic heterocycles. The van der Waals surface area contributed by atoms with Crippen molar-refractivity contribution in [2.24, 2.45) is 0 Å². The molecule has 5 rings (SSSR count). The summed E-state index contributed by atoms with van der Waals surface area (Å²) in [6, 6.07) is 26.0. The molecular weight excluding hydrogens is 529 g/mol. The van der Waals surface area contributed by atoms with Crippen molar-refractivity contribution < 1.29 is 13.2 Å². The number of para-hydroxylation sites is 1. The molecule has 0 radical (unpaired) electrons. The van der Waals surface area contributed by atoms with Crippen LogP contribution in [-0.4, -0.2) is 25.4 Å². The summed E-state index contributed by atoms with van der Waals surface area (Å²) in [6.45, 7) is 2.46. The van der Waals surface area contributed by atoms with Gasteiger partial charge in [-0.15, -0.1) is 0 Å². The quantitative estimate of drug-likeness (QED) is 0.237. The van der Waals surface area contributed by atoms with E-state index >= 15 is 0 Å². The summed E-state index contributed by atoms with van der Waals surface area (Å²) < 4.78 is 30.4. The van der Waals surface area contributed by atoms with Crippen molar-refractivity contribution in [2.75, 3.05) is 16.2 Å². The van der Waals surface area contributed by atoms with E-state index in [9.17, 15) is 13.2 Å². The lowest BCUT2D eigenvalue weighted by Crippen LogP contribution is -2.38. The third-order valence-corrected chi connectivity index (χ3v) is 8.43. The van der Waals surface area contributed by atoms with Gasteiger partial charge in [-0.2, -0.15) is 0 Å². The molecule has 37 heavy (non-hydrogen) atoms. The molecule has 0 aliphatic carbocycles. The van der Waals surface area contributed by atoms with Crippen LogP contribution < -0.4 is 9.62 Å². The number of nitrogens with zero attached hydrogens (tertiary/aromatic N) is 2. The van der Waals surface area contributed by atoms with Gasteiger partial charge in [0.1, 0.15) is 6.54 Å². The number of anilines is 2. The highest BCUT2D eigenvalue weighted by Crippen LogP contribution is 2.31. The minimum Gasteiger partial charge on any atom is -0.341 e. The van der Waals surface area contributed by atoms with Gasteiger partial charge in [-0.3, -0.25) is 9.10 Å². The number of hydrogen-bond acceptors (Lipinski definition) is 3. The normalized spacial score (nSPS) is 11.6. The predicted octanol–water partition coefficient (Wildman–Crippen LogP) is 6.96. The first-order valence-electron chi connectivity index (χ1n) is 11.6. The highest BCUT2D eigenvalue weighted by molar-refractivity contribution is 7.92. The van der Waals surface area contributed by atoms with Gasteiger partial charge in [0, 0.05) is 44.1 Å². The van der Waals surface area contributed by atoms with E-state index in [-0.39, 0.29) is 10.6 Å². The summed E-state index contributed by atoms with van der Waals surface area (Å²) in [6.07, 6.45) is 0. The maximum Gasteiger partial charge on any atom is 0.264 e. The molecule has 0 fully saturated rings. The van der Waals surface area contributed by atoms with Crippen molar-refractivity contribution in [3.63, 3.8) is 0 Å². The van der Waals surface area contributed by atoms with E-state index in [0.29, 0.717) is 15.7 Å². The van der Waals surface area contributed by atoms with Crippen molar-refractivity contribution in [2.45, 2.75) is 18.4 Å². The molecule has 0 aliphatic rings. The lowest BCUT2D eigenvalue weighted by molar-refractivity contribution is -0.114. The number of sulfonamides is 1. The standard InChI is InChI=1S/C28H23Cl2N3O3S/c1-2-32-26-9-4-3-8-24(26)25-17-21(12-15-27(25)32)31-28(34)18-33(22-7-5-6-20(30)16-22)37(35,36)23-13-10-19(29)11-14-23/h3-17H,2,18H2,1H3,(H,31,34). The molecular formula is C28H23Cl2N3O3S. The van der Waals surface area contributed by atoms with E-state index in [0.717, 1.165) is 32.7 Å². The zero-order chi connectivity index (χ0) is 26.2. The second-order valence-corrected chi connectivity index (χ2v) is 11.2. The molecule has 6 nitrogen and oxygen atoms in total. The van der Waals surface area contributed by atoms with Gasteiger partial charge in [-0.1, -0.05) is 47.5 Å². The smallest absolute Gasteiger partial charge is 0.264 e. The Balaban J connectivity index is 1.48. The second kappa shape index (κ2) is 10.1. The Morgan fingerprint density at radius 2 is 1.57 bits per heavy atom. The fourth-order valence-corrected chi connectivity index (χ4v) is 6.21. The molecule has 0 atom stereocenters. The molecule has 1 heterocycles. The van der Waals surface area contributed by atoms with E-state index in [4.69, 9.17) is 23.2 Å². The van der Waals surface area contributed by atoms with Gasteiger partial charge in [-0.05, 0) is 73.7 Å². The van der Waals surface area contributed by atoms with Crippen LogP contribution in [0, 0.1) is 0 Å². The van der Waals surface area contributed by atoms with Crippen LogP contribution in [0.2, 0.25) is 10.0 Å². The minimum atomic E-state index is -4.09. The van der Waals surface area contributed by atoms with Gasteiger partial charge in [-0.25, -0.2) is 8.42 Å². The van der Waals surface area contributed by atoms with Crippen molar-refractivity contribution in [1.29, 1.82) is 0 Å². The van der Waals surface area contributed by atoms with E-state index in [1.807, 2.05) is 30.3 Å². The Morgan fingerprint density at radius 3 is 2.30 bits per heavy atom. The van der Waals surface area contributed by atoms with E-state index in [1.54, 1.807) is 18.2 Å². The molecule has 4 aromatic carbocycles. The maximum atomic E-state index is 13.6. The number of amides is 1. The summed E-state index contributed by atoms with van der Waals surface area (Å²) >= 11 is 12.1. The number of carbonyl (C=O) groups is 1. The molecule has 0 saturated carbocycles. The number of fused-ring (bicyclic) bond motifs is 3. The first kappa shape index (κ1) is 25.1. The Labute approximate surface area is 225 Å². The lowest BCUT2D eigenvalue weighted by atomic mass is 10.1. The summed E-state index contributed by atoms with van der Waals surface area (Å²) in [5, 5.41) is 5.72. The molecule has 9 heteroatoms. The topological polar surface area (TPSA) is 71.4 Å². The maximum absolute atomic E-state index is 13.6. The monoisotopic (exact) mass is 551 g/mol. The average Bonchev–Trinajstić information content (AvgIpc) is 3.20. The van der Waals surface area contributed by atoms with Gasteiger partial charge in [0.25, 0.3) is 10.0 Å². The molecule has 1 N–H and O–H groups in total. The first-order valence-corrected chi connectivity index (χ1v) is 13.8. The van der Waals surface area contributed by atoms with Crippen LogP contribution >= 0.6 is 23.2 Å². The van der Waals surface area contributed by atoms with Gasteiger partial charge in [0.15, 0.2) is 0 Å². The van der Waals surface area contributed by atoms with Crippen molar-refractivity contribution in [3.8, 4) is 0 Å². The van der Waals surface area contributed by atoms with E-state index < -0.39 is 22.5 Å². The number of nitrogens with one attached hydrogen (secondary N) is 1. The average molecular weight is 552 g/mol. The van der Waals surface area contributed by atoms with Gasteiger partial charge in [0.2, 0.25) is 5.91 Å². The number of rotatable bonds is 7. The summed E-state index contributed by atoms with van der Waals surface area (Å²) in [4.78, 5) is 13.2. The summed E-state index contributed by atoms with van der Waals surface area (Å²) in [5.74, 6) is -0.490. The number of aromatic nitrogens is 1. The summed E-state index contributed by atoms with van der Waals surface area (Å²) in [5.41, 5.74) is 3.03. The Morgan fingerprint density at radius 1 is 0.838 bits per heavy atom. The highest BCUT2D eigenvalue weighted by Gasteiger charge is 2.27. The Kier molecular flexibility index (Phi) is 6.86. The van der Waals surface area contributed by atoms with Crippen molar-refractivity contribution in [1.82, 2.24) is 4.57 Å². The van der Waals surface area contributed by atoms with Crippen LogP contribution in [0.15, 0.2) is 95.9 Å². The van der Waals surface area contributed by atoms with Crippen LogP contribution in [0.4, 0.5) is 11.4 Å². The Hall–Kier alpha value is -3.52. The zero-order valence-electron chi connectivity index (χ0n) is 19.9. The number of halogens is 2. The molecule has 1 aromatic heterocycles. The van der Waals surface area contributed by atoms with Gasteiger partial charge < -0.3 is 9.88 Å². The highest BCUT2D eigenvalue weighted by atomic mass is 35.5. The van der Waals surface area contributed by atoms with Crippen LogP contribution in [-0.2, 0) is 21.4 Å². The molecule has 1 amide bonds. The van der Waals surface area contributed by atoms with Crippen LogP contribution in [0.1, 0.15) is 6.92 Å². The minimum absolute atomic E-state index is 0.0125.